The molecular weight excluding hydrogens is 452 g/mol. The van der Waals surface area contributed by atoms with Crippen LogP contribution in [0.15, 0.2) is 0 Å². The van der Waals surface area contributed by atoms with Crippen LogP contribution in [0.5, 0.6) is 0 Å². The van der Waals surface area contributed by atoms with Gasteiger partial charge in [-0.1, -0.05) is 20.3 Å². The number of hydrogen-bond donors (Lipinski definition) is 8. The van der Waals surface area contributed by atoms with Crippen molar-refractivity contribution in [1.82, 2.24) is 16.0 Å². The average molecular weight is 489 g/mol. The number of rotatable bonds is 17. The number of hydrogen-bond acceptors (Lipinski definition) is 8. The molecule has 0 aliphatic heterocycles. The number of carbonyl (C=O) groups excluding carboxylic acids is 4. The standard InChI is InChI=1S/C20H36N6O8/c1-10(2)16(20(33)34)26-19(32)13(9-15(28)29)25-18(31)12(6-7-14(23)27)24-17(30)11(22)5-3-4-8-21/h10-13,16H,3-9,21-22H2,1-2H3,(H2,23,27)(H,24,30)(H,25,31)(H,26,32)(H,28,29)(H,33,34). The van der Waals surface area contributed by atoms with Gasteiger partial charge < -0.3 is 43.4 Å². The van der Waals surface area contributed by atoms with Crippen molar-refractivity contribution in [2.24, 2.45) is 23.1 Å². The molecule has 0 saturated heterocycles. The maximum Gasteiger partial charge on any atom is 0.326 e. The van der Waals surface area contributed by atoms with Crippen molar-refractivity contribution >= 4 is 35.6 Å². The van der Waals surface area contributed by atoms with Crippen molar-refractivity contribution in [3.05, 3.63) is 0 Å². The summed E-state index contributed by atoms with van der Waals surface area (Å²) in [5, 5.41) is 25.2. The van der Waals surface area contributed by atoms with E-state index in [1.165, 1.54) is 13.8 Å². The van der Waals surface area contributed by atoms with Gasteiger partial charge in [0, 0.05) is 6.42 Å². The summed E-state index contributed by atoms with van der Waals surface area (Å²) in [5.41, 5.74) is 16.3. The number of carbonyl (C=O) groups is 6. The SMILES string of the molecule is CC(C)C(NC(=O)C(CC(=O)O)NC(=O)C(CCC(N)=O)NC(=O)C(N)CCCCN)C(=O)O. The molecule has 11 N–H and O–H groups in total. The third-order valence-corrected chi connectivity index (χ3v) is 4.86. The van der Waals surface area contributed by atoms with Crippen LogP contribution >= 0.6 is 0 Å². The molecule has 0 bridgehead atoms. The Kier molecular flexibility index (Phi) is 14.1. The van der Waals surface area contributed by atoms with Gasteiger partial charge in [0.15, 0.2) is 0 Å². The molecule has 194 valence electrons. The topological polar surface area (TPSA) is 257 Å². The van der Waals surface area contributed by atoms with Crippen LogP contribution in [-0.4, -0.2) is 76.5 Å². The first-order valence-corrected chi connectivity index (χ1v) is 10.9. The predicted molar refractivity (Wildman–Crippen MR) is 120 cm³/mol. The highest BCUT2D eigenvalue weighted by molar-refractivity contribution is 5.95. The minimum Gasteiger partial charge on any atom is -0.481 e. The normalized spacial score (nSPS) is 14.4. The molecule has 0 radical (unpaired) electrons. The Morgan fingerprint density at radius 2 is 1.38 bits per heavy atom. The van der Waals surface area contributed by atoms with Gasteiger partial charge >= 0.3 is 11.9 Å². The van der Waals surface area contributed by atoms with E-state index in [-0.39, 0.29) is 12.8 Å². The molecule has 14 heteroatoms. The molecule has 0 aromatic carbocycles. The summed E-state index contributed by atoms with van der Waals surface area (Å²) >= 11 is 0. The van der Waals surface area contributed by atoms with Crippen LogP contribution < -0.4 is 33.2 Å². The second-order valence-corrected chi connectivity index (χ2v) is 8.18. The van der Waals surface area contributed by atoms with Gasteiger partial charge in [0.1, 0.15) is 18.1 Å². The Morgan fingerprint density at radius 1 is 0.824 bits per heavy atom. The molecule has 0 aliphatic carbocycles. The van der Waals surface area contributed by atoms with Crippen molar-refractivity contribution < 1.29 is 39.0 Å². The van der Waals surface area contributed by atoms with Gasteiger partial charge in [0.05, 0.1) is 12.5 Å². The van der Waals surface area contributed by atoms with Crippen LogP contribution in [0, 0.1) is 5.92 Å². The molecule has 0 saturated carbocycles. The van der Waals surface area contributed by atoms with Crippen LogP contribution in [-0.2, 0) is 28.8 Å². The lowest BCUT2D eigenvalue weighted by Crippen LogP contribution is -2.58. The maximum absolute atomic E-state index is 12.8. The molecule has 4 amide bonds. The maximum atomic E-state index is 12.8. The summed E-state index contributed by atoms with van der Waals surface area (Å²) in [5.74, 6) is -6.72. The number of unbranched alkanes of at least 4 members (excludes halogenated alkanes) is 1. The number of amides is 4. The number of primary amides is 1. The van der Waals surface area contributed by atoms with Crippen LogP contribution in [0.25, 0.3) is 0 Å². The third kappa shape index (κ3) is 12.1. The Labute approximate surface area is 197 Å². The Hall–Kier alpha value is -3.26. The van der Waals surface area contributed by atoms with E-state index in [4.69, 9.17) is 22.3 Å². The van der Waals surface area contributed by atoms with Crippen molar-refractivity contribution in [1.29, 1.82) is 0 Å². The molecule has 0 spiro atoms. The molecule has 0 fully saturated rings. The summed E-state index contributed by atoms with van der Waals surface area (Å²) in [6.07, 6.45) is 0.148. The van der Waals surface area contributed by atoms with Crippen molar-refractivity contribution in [2.45, 2.75) is 76.5 Å². The number of aliphatic carboxylic acids is 2. The van der Waals surface area contributed by atoms with Crippen molar-refractivity contribution in [2.75, 3.05) is 6.54 Å². The van der Waals surface area contributed by atoms with Gasteiger partial charge in [-0.05, 0) is 31.7 Å². The Morgan fingerprint density at radius 3 is 1.85 bits per heavy atom. The fourth-order valence-corrected chi connectivity index (χ4v) is 2.90. The predicted octanol–water partition coefficient (Wildman–Crippen LogP) is -2.62. The van der Waals surface area contributed by atoms with E-state index in [1.807, 2.05) is 0 Å². The molecule has 34 heavy (non-hydrogen) atoms. The van der Waals surface area contributed by atoms with Crippen LogP contribution in [0.4, 0.5) is 0 Å². The number of carboxylic acids is 2. The summed E-state index contributed by atoms with van der Waals surface area (Å²) in [6, 6.07) is -5.27. The van der Waals surface area contributed by atoms with E-state index >= 15 is 0 Å². The molecule has 0 heterocycles. The highest BCUT2D eigenvalue weighted by Crippen LogP contribution is 2.06. The van der Waals surface area contributed by atoms with Gasteiger partial charge in [-0.25, -0.2) is 4.79 Å². The van der Waals surface area contributed by atoms with Gasteiger partial charge in [-0.15, -0.1) is 0 Å². The zero-order chi connectivity index (χ0) is 26.4. The minimum atomic E-state index is -1.64. The van der Waals surface area contributed by atoms with Crippen molar-refractivity contribution in [3.8, 4) is 0 Å². The van der Waals surface area contributed by atoms with E-state index in [0.29, 0.717) is 25.8 Å². The third-order valence-electron chi connectivity index (χ3n) is 4.86. The summed E-state index contributed by atoms with van der Waals surface area (Å²) in [4.78, 5) is 71.5. The first-order valence-electron chi connectivity index (χ1n) is 10.9. The molecule has 14 nitrogen and oxygen atoms in total. The smallest absolute Gasteiger partial charge is 0.326 e. The largest absolute Gasteiger partial charge is 0.481 e. The van der Waals surface area contributed by atoms with E-state index in [9.17, 15) is 33.9 Å². The molecule has 0 aromatic heterocycles. The molecular formula is C20H36N6O8. The van der Waals surface area contributed by atoms with Gasteiger partial charge in [-0.2, -0.15) is 0 Å². The highest BCUT2D eigenvalue weighted by Gasteiger charge is 2.32. The zero-order valence-corrected chi connectivity index (χ0v) is 19.4. The quantitative estimate of drug-likeness (QED) is 0.0988. The van der Waals surface area contributed by atoms with E-state index in [2.05, 4.69) is 16.0 Å². The van der Waals surface area contributed by atoms with Crippen LogP contribution in [0.3, 0.4) is 0 Å². The van der Waals surface area contributed by atoms with Crippen LogP contribution in [0.2, 0.25) is 0 Å². The van der Waals surface area contributed by atoms with Gasteiger partial charge in [0.2, 0.25) is 23.6 Å². The van der Waals surface area contributed by atoms with Gasteiger partial charge in [-0.3, -0.25) is 24.0 Å². The first kappa shape index (κ1) is 30.7. The second kappa shape index (κ2) is 15.6. The molecule has 0 aliphatic rings. The first-order chi connectivity index (χ1) is 15.8. The Balaban J connectivity index is 5.50. The average Bonchev–Trinajstić information content (AvgIpc) is 2.72. The fourth-order valence-electron chi connectivity index (χ4n) is 2.90. The number of nitrogens with one attached hydrogen (secondary N) is 3. The van der Waals surface area contributed by atoms with Gasteiger partial charge in [0.25, 0.3) is 0 Å². The molecule has 0 aromatic rings. The lowest BCUT2D eigenvalue weighted by atomic mass is 10.0. The summed E-state index contributed by atoms with van der Waals surface area (Å²) in [6.45, 7) is 3.50. The lowest BCUT2D eigenvalue weighted by Gasteiger charge is -2.25. The van der Waals surface area contributed by atoms with Crippen molar-refractivity contribution in [3.63, 3.8) is 0 Å². The minimum absolute atomic E-state index is 0.229. The van der Waals surface area contributed by atoms with E-state index in [0.717, 1.165) is 0 Å². The summed E-state index contributed by atoms with van der Waals surface area (Å²) < 4.78 is 0. The summed E-state index contributed by atoms with van der Waals surface area (Å²) in [7, 11) is 0. The fraction of sp³-hybridized carbons (Fsp3) is 0.700. The number of carboxylic acid groups (broad SMARTS) is 2. The molecule has 4 unspecified atom stereocenters. The molecule has 0 rings (SSSR count). The van der Waals surface area contributed by atoms with Crippen LogP contribution in [0.1, 0.15) is 52.4 Å². The van der Waals surface area contributed by atoms with E-state index < -0.39 is 72.1 Å². The molecule has 4 atom stereocenters. The lowest BCUT2D eigenvalue weighted by molar-refractivity contribution is -0.144. The highest BCUT2D eigenvalue weighted by atomic mass is 16.4. The Bertz CT molecular complexity index is 745. The van der Waals surface area contributed by atoms with E-state index in [1.54, 1.807) is 0 Å². The zero-order valence-electron chi connectivity index (χ0n) is 19.4. The second-order valence-electron chi connectivity index (χ2n) is 8.18. The monoisotopic (exact) mass is 488 g/mol. The number of nitrogens with two attached hydrogens (primary N) is 3.